The fourth-order valence-corrected chi connectivity index (χ4v) is 1.23. The molecule has 0 bridgehead atoms. The number of benzene rings is 1. The van der Waals surface area contributed by atoms with E-state index < -0.39 is 0 Å². The summed E-state index contributed by atoms with van der Waals surface area (Å²) in [5.74, 6) is 0.278. The van der Waals surface area contributed by atoms with E-state index in [2.05, 4.69) is 0 Å². The maximum atomic E-state index is 12.7. The molecule has 0 atom stereocenters. The van der Waals surface area contributed by atoms with Crippen LogP contribution in [-0.4, -0.2) is 0 Å². The third-order valence-corrected chi connectivity index (χ3v) is 1.78. The lowest BCUT2D eigenvalue weighted by Crippen LogP contribution is -1.71. The standard InChI is InChI=1S/C10H6FNO/c11-8-1-2-10-7(5-8)6-9(13-10)3-4-12/h1-2,5-6H,3H2. The van der Waals surface area contributed by atoms with Gasteiger partial charge in [0.1, 0.15) is 17.2 Å². The molecule has 1 heterocycles. The fourth-order valence-electron chi connectivity index (χ4n) is 1.23. The molecule has 0 amide bonds. The van der Waals surface area contributed by atoms with Crippen LogP contribution in [0.4, 0.5) is 4.39 Å². The molecule has 0 aliphatic carbocycles. The molecule has 2 rings (SSSR count). The van der Waals surface area contributed by atoms with Gasteiger partial charge in [-0.3, -0.25) is 0 Å². The van der Waals surface area contributed by atoms with Crippen LogP contribution < -0.4 is 0 Å². The first kappa shape index (κ1) is 7.81. The van der Waals surface area contributed by atoms with Gasteiger partial charge < -0.3 is 4.42 Å². The summed E-state index contributed by atoms with van der Waals surface area (Å²) >= 11 is 0. The molecule has 3 heteroatoms. The molecule has 2 nitrogen and oxygen atoms in total. The number of hydrogen-bond donors (Lipinski definition) is 0. The minimum Gasteiger partial charge on any atom is -0.460 e. The van der Waals surface area contributed by atoms with E-state index in [1.807, 2.05) is 6.07 Å². The number of nitrogens with zero attached hydrogens (tertiary/aromatic N) is 1. The first-order chi connectivity index (χ1) is 6.29. The highest BCUT2D eigenvalue weighted by molar-refractivity contribution is 5.77. The van der Waals surface area contributed by atoms with E-state index in [1.165, 1.54) is 12.1 Å². The Bertz CT molecular complexity index is 481. The maximum Gasteiger partial charge on any atom is 0.134 e. The molecule has 1 aromatic heterocycles. The quantitative estimate of drug-likeness (QED) is 0.668. The highest BCUT2D eigenvalue weighted by atomic mass is 19.1. The van der Waals surface area contributed by atoms with Gasteiger partial charge in [-0.05, 0) is 24.3 Å². The Kier molecular flexibility index (Phi) is 1.75. The van der Waals surface area contributed by atoms with Crippen molar-refractivity contribution in [3.63, 3.8) is 0 Å². The summed E-state index contributed by atoms with van der Waals surface area (Å²) in [6, 6.07) is 7.94. The zero-order valence-electron chi connectivity index (χ0n) is 6.75. The van der Waals surface area contributed by atoms with Gasteiger partial charge in [-0.25, -0.2) is 4.39 Å². The van der Waals surface area contributed by atoms with Crippen molar-refractivity contribution < 1.29 is 8.81 Å². The van der Waals surface area contributed by atoms with Gasteiger partial charge in [0, 0.05) is 5.39 Å². The maximum absolute atomic E-state index is 12.7. The van der Waals surface area contributed by atoms with Crippen LogP contribution in [0.3, 0.4) is 0 Å². The van der Waals surface area contributed by atoms with Crippen LogP contribution in [-0.2, 0) is 6.42 Å². The van der Waals surface area contributed by atoms with Crippen LogP contribution in [0.2, 0.25) is 0 Å². The van der Waals surface area contributed by atoms with E-state index in [0.717, 1.165) is 0 Å². The minimum atomic E-state index is -0.295. The number of rotatable bonds is 1. The van der Waals surface area contributed by atoms with Gasteiger partial charge in [0.2, 0.25) is 0 Å². The SMILES string of the molecule is N#CCc1cc2cc(F)ccc2o1. The highest BCUT2D eigenvalue weighted by Crippen LogP contribution is 2.20. The summed E-state index contributed by atoms with van der Waals surface area (Å²) < 4.78 is 18.0. The van der Waals surface area contributed by atoms with Gasteiger partial charge in [0.25, 0.3) is 0 Å². The summed E-state index contributed by atoms with van der Waals surface area (Å²) in [4.78, 5) is 0. The molecule has 0 N–H and O–H groups in total. The number of hydrogen-bond acceptors (Lipinski definition) is 2. The zero-order chi connectivity index (χ0) is 9.26. The molecule has 0 aliphatic heterocycles. The lowest BCUT2D eigenvalue weighted by molar-refractivity contribution is 0.565. The molecule has 1 aromatic carbocycles. The summed E-state index contributed by atoms with van der Waals surface area (Å²) in [6.07, 6.45) is 0.219. The Balaban J connectivity index is 2.57. The Hall–Kier alpha value is -1.82. The number of nitriles is 1. The van der Waals surface area contributed by atoms with Crippen LogP contribution in [0.1, 0.15) is 5.76 Å². The van der Waals surface area contributed by atoms with E-state index >= 15 is 0 Å². The predicted molar refractivity (Wildman–Crippen MR) is 45.5 cm³/mol. The van der Waals surface area contributed by atoms with Crippen molar-refractivity contribution in [1.82, 2.24) is 0 Å². The third-order valence-electron chi connectivity index (χ3n) is 1.78. The molecule has 0 saturated carbocycles. The monoisotopic (exact) mass is 175 g/mol. The average molecular weight is 175 g/mol. The van der Waals surface area contributed by atoms with Crippen molar-refractivity contribution in [2.24, 2.45) is 0 Å². The van der Waals surface area contributed by atoms with Gasteiger partial charge in [-0.2, -0.15) is 5.26 Å². The largest absolute Gasteiger partial charge is 0.460 e. The van der Waals surface area contributed by atoms with Crippen molar-refractivity contribution >= 4 is 11.0 Å². The third kappa shape index (κ3) is 1.38. The van der Waals surface area contributed by atoms with Gasteiger partial charge >= 0.3 is 0 Å². The van der Waals surface area contributed by atoms with Crippen molar-refractivity contribution in [2.75, 3.05) is 0 Å². The summed E-state index contributed by atoms with van der Waals surface area (Å²) in [7, 11) is 0. The number of fused-ring (bicyclic) bond motifs is 1. The number of furan rings is 1. The van der Waals surface area contributed by atoms with Crippen LogP contribution in [0.15, 0.2) is 28.7 Å². The van der Waals surface area contributed by atoms with E-state index in [1.54, 1.807) is 12.1 Å². The lowest BCUT2D eigenvalue weighted by atomic mass is 10.2. The van der Waals surface area contributed by atoms with Gasteiger partial charge in [-0.1, -0.05) is 0 Å². The molecular formula is C10H6FNO. The Labute approximate surface area is 74.2 Å². The second-order valence-electron chi connectivity index (χ2n) is 2.73. The topological polar surface area (TPSA) is 36.9 Å². The summed E-state index contributed by atoms with van der Waals surface area (Å²) in [5, 5.41) is 9.11. The molecule has 0 fully saturated rings. The first-order valence-corrected chi connectivity index (χ1v) is 3.84. The van der Waals surface area contributed by atoms with Gasteiger partial charge in [0.05, 0.1) is 12.5 Å². The average Bonchev–Trinajstić information content (AvgIpc) is 2.46. The van der Waals surface area contributed by atoms with Crippen LogP contribution in [0.25, 0.3) is 11.0 Å². The van der Waals surface area contributed by atoms with E-state index in [4.69, 9.17) is 9.68 Å². The predicted octanol–water partition coefficient (Wildman–Crippen LogP) is 2.64. The van der Waals surface area contributed by atoms with E-state index in [9.17, 15) is 4.39 Å². The van der Waals surface area contributed by atoms with Crippen LogP contribution >= 0.6 is 0 Å². The molecule has 0 saturated heterocycles. The van der Waals surface area contributed by atoms with Crippen molar-refractivity contribution in [1.29, 1.82) is 5.26 Å². The molecule has 0 radical (unpaired) electrons. The zero-order valence-corrected chi connectivity index (χ0v) is 6.75. The summed E-state index contributed by atoms with van der Waals surface area (Å²) in [6.45, 7) is 0. The normalized spacial score (nSPS) is 10.2. The minimum absolute atomic E-state index is 0.219. The first-order valence-electron chi connectivity index (χ1n) is 3.84. The second kappa shape index (κ2) is 2.91. The van der Waals surface area contributed by atoms with E-state index in [0.29, 0.717) is 16.7 Å². The van der Waals surface area contributed by atoms with E-state index in [-0.39, 0.29) is 12.2 Å². The van der Waals surface area contributed by atoms with Gasteiger partial charge in [0.15, 0.2) is 0 Å². The van der Waals surface area contributed by atoms with Crippen molar-refractivity contribution in [3.05, 3.63) is 35.8 Å². The van der Waals surface area contributed by atoms with Crippen molar-refractivity contribution in [3.8, 4) is 6.07 Å². The lowest BCUT2D eigenvalue weighted by Gasteiger charge is -1.86. The Morgan fingerprint density at radius 1 is 1.38 bits per heavy atom. The van der Waals surface area contributed by atoms with Crippen LogP contribution in [0, 0.1) is 17.1 Å². The molecule has 2 aromatic rings. The molecule has 64 valence electrons. The number of halogens is 1. The molecule has 0 aliphatic rings. The Morgan fingerprint density at radius 3 is 3.00 bits per heavy atom. The second-order valence-corrected chi connectivity index (χ2v) is 2.73. The smallest absolute Gasteiger partial charge is 0.134 e. The van der Waals surface area contributed by atoms with Crippen molar-refractivity contribution in [2.45, 2.75) is 6.42 Å². The molecule has 13 heavy (non-hydrogen) atoms. The van der Waals surface area contributed by atoms with Crippen LogP contribution in [0.5, 0.6) is 0 Å². The summed E-state index contributed by atoms with van der Waals surface area (Å²) in [5.41, 5.74) is 0.617. The highest BCUT2D eigenvalue weighted by Gasteiger charge is 2.03. The van der Waals surface area contributed by atoms with Gasteiger partial charge in [-0.15, -0.1) is 0 Å². The Morgan fingerprint density at radius 2 is 2.23 bits per heavy atom. The fraction of sp³-hybridized carbons (Fsp3) is 0.100. The molecule has 0 unspecified atom stereocenters. The molecular weight excluding hydrogens is 169 g/mol. The molecule has 0 spiro atoms.